The molecule has 0 aromatic heterocycles. The lowest BCUT2D eigenvalue weighted by Crippen LogP contribution is -2.69. The Morgan fingerprint density at radius 2 is 1.15 bits per heavy atom. The number of unbranched alkanes of at least 4 members (excludes halogenated alkanes) is 2. The number of amides is 2. The molecule has 12 nitrogen and oxygen atoms in total. The lowest BCUT2D eigenvalue weighted by atomic mass is 10.1. The van der Waals surface area contributed by atoms with Crippen molar-refractivity contribution in [1.82, 2.24) is 10.6 Å². The van der Waals surface area contributed by atoms with E-state index in [9.17, 15) is 24.3 Å². The highest BCUT2D eigenvalue weighted by atomic mass is 35.6. The van der Waals surface area contributed by atoms with E-state index in [0.717, 1.165) is 25.9 Å². The molecule has 0 aromatic carbocycles. The van der Waals surface area contributed by atoms with Crippen molar-refractivity contribution in [3.05, 3.63) is 0 Å². The van der Waals surface area contributed by atoms with Crippen LogP contribution in [0.3, 0.4) is 0 Å². The summed E-state index contributed by atoms with van der Waals surface area (Å²) >= 11 is 6.31. The summed E-state index contributed by atoms with van der Waals surface area (Å²) in [6.45, 7) is 23.5. The van der Waals surface area contributed by atoms with Crippen LogP contribution in [0.1, 0.15) is 65.2 Å². The summed E-state index contributed by atoms with van der Waals surface area (Å²) in [6.07, 6.45) is 4.95. The van der Waals surface area contributed by atoms with Crippen molar-refractivity contribution in [3.63, 3.8) is 0 Å². The van der Waals surface area contributed by atoms with Crippen LogP contribution in [0, 0.1) is 0 Å². The highest BCUT2D eigenvalue weighted by Gasteiger charge is 2.45. The molecule has 0 radical (unpaired) electrons. The predicted octanol–water partition coefficient (Wildman–Crippen LogP) is 4.48. The minimum Gasteiger partial charge on any atom is -0.437 e. The third kappa shape index (κ3) is 25.2. The van der Waals surface area contributed by atoms with Crippen molar-refractivity contribution >= 4 is 67.5 Å². The van der Waals surface area contributed by atoms with Gasteiger partial charge in [-0.15, -0.1) is 11.1 Å². The molecule has 1 aliphatic heterocycles. The molecular weight excluding hydrogens is 706 g/mol. The summed E-state index contributed by atoms with van der Waals surface area (Å²) in [4.78, 5) is 45.6. The number of aliphatic hydroxyl groups excluding tert-OH is 1. The van der Waals surface area contributed by atoms with Gasteiger partial charge in [-0.3, -0.25) is 9.59 Å². The van der Waals surface area contributed by atoms with Gasteiger partial charge in [0.1, 0.15) is 24.7 Å². The number of ketones is 2. The Bertz CT molecular complexity index is 965. The summed E-state index contributed by atoms with van der Waals surface area (Å²) in [5.41, 5.74) is 0. The molecule has 1 atom stereocenters. The Labute approximate surface area is 299 Å². The highest BCUT2D eigenvalue weighted by Crippen LogP contribution is 2.25. The topological polar surface area (TPSA) is 149 Å². The highest BCUT2D eigenvalue weighted by molar-refractivity contribution is 7.17. The van der Waals surface area contributed by atoms with Gasteiger partial charge >= 0.3 is 17.1 Å². The van der Waals surface area contributed by atoms with Crippen molar-refractivity contribution < 1.29 is 45.9 Å². The number of methoxy groups -OCH3 is 1. The van der Waals surface area contributed by atoms with Crippen LogP contribution >= 0.6 is 11.1 Å². The number of aliphatic hydroxyl groups is 1. The first-order valence-electron chi connectivity index (χ1n) is 17.2. The zero-order chi connectivity index (χ0) is 37.2. The van der Waals surface area contributed by atoms with E-state index in [0.29, 0.717) is 75.4 Å². The minimum absolute atomic E-state index is 0.00774. The van der Waals surface area contributed by atoms with E-state index in [2.05, 4.69) is 43.4 Å². The lowest BCUT2D eigenvalue weighted by Gasteiger charge is -2.48. The minimum atomic E-state index is -2.45. The quantitative estimate of drug-likeness (QED) is 0.0559. The number of halogens is 1. The van der Waals surface area contributed by atoms with Crippen LogP contribution < -0.4 is 10.6 Å². The van der Waals surface area contributed by atoms with Crippen molar-refractivity contribution in [1.29, 1.82) is 0 Å². The van der Waals surface area contributed by atoms with Gasteiger partial charge in [0.25, 0.3) is 7.63 Å². The average Bonchev–Trinajstić information content (AvgIpc) is 2.85. The number of nitrogens with one attached hydrogen (secondary N) is 2. The lowest BCUT2D eigenvalue weighted by molar-refractivity contribution is -0.970. The Balaban J connectivity index is 0.00000101. The van der Waals surface area contributed by atoms with Gasteiger partial charge in [-0.25, -0.2) is 0 Å². The fourth-order valence-electron chi connectivity index (χ4n) is 5.81. The summed E-state index contributed by atoms with van der Waals surface area (Å²) in [5.74, 6) is 0.283. The van der Waals surface area contributed by atoms with Gasteiger partial charge in [0.2, 0.25) is 11.8 Å². The molecule has 1 rings (SSSR count). The number of ether oxygens (including phenoxy) is 1. The monoisotopic (exact) mass is 772 g/mol. The molecule has 1 heterocycles. The maximum atomic E-state index is 11.9. The van der Waals surface area contributed by atoms with Crippen molar-refractivity contribution in [2.75, 3.05) is 52.6 Å². The van der Waals surface area contributed by atoms with Crippen LogP contribution in [0.5, 0.6) is 0 Å². The summed E-state index contributed by atoms with van der Waals surface area (Å²) in [7, 11) is -6.84. The Morgan fingerprint density at radius 1 is 0.729 bits per heavy atom. The molecule has 17 heteroatoms. The van der Waals surface area contributed by atoms with E-state index < -0.39 is 33.1 Å². The van der Waals surface area contributed by atoms with Crippen molar-refractivity contribution in [3.8, 4) is 0 Å². The van der Waals surface area contributed by atoms with E-state index in [1.165, 1.54) is 0 Å². The predicted molar refractivity (Wildman–Crippen MR) is 201 cm³/mol. The Morgan fingerprint density at radius 3 is 1.48 bits per heavy atom. The molecule has 48 heavy (non-hydrogen) atoms. The van der Waals surface area contributed by atoms with E-state index >= 15 is 0 Å². The normalized spacial score (nSPS) is 16.2. The molecule has 282 valence electrons. The fourth-order valence-corrected chi connectivity index (χ4v) is 23.5. The van der Waals surface area contributed by atoms with E-state index in [1.54, 1.807) is 21.0 Å². The number of hydrogen-bond donors (Lipinski definition) is 3. The average molecular weight is 774 g/mol. The van der Waals surface area contributed by atoms with Gasteiger partial charge in [0.15, 0.2) is 14.4 Å². The smallest absolute Gasteiger partial charge is 0.343 e. The number of hydrogen-bond acceptors (Lipinski definition) is 9. The third-order valence-corrected chi connectivity index (χ3v) is 20.5. The molecular formula is C31H67ClN3O9Si4+. The van der Waals surface area contributed by atoms with Crippen molar-refractivity contribution in [2.45, 2.75) is 124 Å². The zero-order valence-electron chi connectivity index (χ0n) is 31.7. The first kappa shape index (κ1) is 47.2. The molecule has 1 aliphatic rings. The maximum Gasteiger partial charge on any atom is 0.343 e. The van der Waals surface area contributed by atoms with Crippen molar-refractivity contribution in [2.24, 2.45) is 0 Å². The van der Waals surface area contributed by atoms with E-state index in [4.69, 9.17) is 28.2 Å². The number of quaternary nitrogens is 1. The van der Waals surface area contributed by atoms with Gasteiger partial charge in [0, 0.05) is 32.8 Å². The van der Waals surface area contributed by atoms with Crippen LogP contribution in [-0.4, -0.2) is 125 Å². The Hall–Kier alpha value is -0.802. The molecule has 0 aromatic rings. The van der Waals surface area contributed by atoms with Crippen LogP contribution in [-0.2, 0) is 36.3 Å². The van der Waals surface area contributed by atoms with E-state index in [-0.39, 0.29) is 29.5 Å². The summed E-state index contributed by atoms with van der Waals surface area (Å²) in [5, 5.41) is 15.6. The SMILES string of the molecule is CC(=O)CCCCC(=O)NCC[N+]1(CCNC(=O)CCCCC(C)=O)CC(O)C1.COC[Si](C)(O[Si](C)(C)Cl)O[Si](C)(C)O[Si](C)(C)C. The van der Waals surface area contributed by atoms with Crippen LogP contribution in [0.2, 0.25) is 52.4 Å². The van der Waals surface area contributed by atoms with Gasteiger partial charge in [-0.2, -0.15) is 0 Å². The van der Waals surface area contributed by atoms with E-state index in [1.807, 2.05) is 19.6 Å². The number of carbonyl (C=O) groups excluding carboxylic acids is 4. The summed E-state index contributed by atoms with van der Waals surface area (Å²) in [6, 6.07) is 0. The number of rotatable bonds is 24. The standard InChI is InChI=1S/C21H37N3O5.C10H29ClO4Si4/c1-17(25)7-3-5-9-20(28)22-11-13-24(15-19(27)16-24)14-12-23-21(29)10-6-4-8-18(2)26;1-12-10-19(9,14-17(5,6)11)15-18(7,8)13-16(2,3)4/h19,27H,3-16H2,1-2H3,(H-,22,23,28,29);10H2,1-9H3/p+1. The van der Waals surface area contributed by atoms with Crippen LogP contribution in [0.25, 0.3) is 0 Å². The first-order valence-corrected chi connectivity index (χ1v) is 29.9. The second kappa shape index (κ2) is 22.2. The number of nitrogens with zero attached hydrogens (tertiary/aromatic N) is 1. The van der Waals surface area contributed by atoms with Crippen LogP contribution in [0.15, 0.2) is 0 Å². The van der Waals surface area contributed by atoms with Crippen LogP contribution in [0.4, 0.5) is 0 Å². The molecule has 2 amide bonds. The van der Waals surface area contributed by atoms with Gasteiger partial charge in [0.05, 0.1) is 32.4 Å². The maximum absolute atomic E-state index is 11.9. The molecule has 0 spiro atoms. The molecule has 0 saturated carbocycles. The molecule has 0 aliphatic carbocycles. The number of likely N-dealkylation sites (tertiary alicyclic amines) is 1. The third-order valence-electron chi connectivity index (χ3n) is 7.26. The van der Waals surface area contributed by atoms with Gasteiger partial charge in [-0.05, 0) is 91.9 Å². The Kier molecular flexibility index (Phi) is 21.8. The first-order chi connectivity index (χ1) is 21.9. The largest absolute Gasteiger partial charge is 0.437 e. The number of carbonyl (C=O) groups is 4. The van der Waals surface area contributed by atoms with Gasteiger partial charge in [-0.1, -0.05) is 0 Å². The second-order valence-corrected chi connectivity index (χ2v) is 32.6. The van der Waals surface area contributed by atoms with Gasteiger partial charge < -0.3 is 46.9 Å². The molecule has 1 saturated heterocycles. The molecule has 0 bridgehead atoms. The molecule has 1 unspecified atom stereocenters. The summed E-state index contributed by atoms with van der Waals surface area (Å²) < 4.78 is 24.6. The molecule has 1 fully saturated rings. The fraction of sp³-hybridized carbons (Fsp3) is 0.871. The number of Topliss-reactive ketones (excluding diaryl/α,β-unsaturated/α-hetero) is 2. The molecule has 3 N–H and O–H groups in total. The second-order valence-electron chi connectivity index (χ2n) is 15.1. The zero-order valence-corrected chi connectivity index (χ0v) is 36.5.